The van der Waals surface area contributed by atoms with Gasteiger partial charge in [-0.15, -0.1) is 0 Å². The second-order valence-corrected chi connectivity index (χ2v) is 5.40. The molecular formula is C19H16ClNO4. The summed E-state index contributed by atoms with van der Waals surface area (Å²) in [5.74, 6) is 0.417. The number of hydrogen-bond acceptors (Lipinski definition) is 5. The second kappa shape index (κ2) is 8.76. The van der Waals surface area contributed by atoms with Gasteiger partial charge in [0.05, 0.1) is 30.9 Å². The van der Waals surface area contributed by atoms with E-state index in [1.54, 1.807) is 42.5 Å². The molecule has 0 aliphatic carbocycles. The Labute approximate surface area is 151 Å². The molecule has 0 saturated carbocycles. The van der Waals surface area contributed by atoms with E-state index in [9.17, 15) is 4.79 Å². The Balaban J connectivity index is 2.00. The molecule has 0 radical (unpaired) electrons. The van der Waals surface area contributed by atoms with E-state index >= 15 is 0 Å². The van der Waals surface area contributed by atoms with E-state index in [-0.39, 0.29) is 6.61 Å². The first-order chi connectivity index (χ1) is 12.1. The molecule has 128 valence electrons. The van der Waals surface area contributed by atoms with Crippen molar-refractivity contribution in [2.24, 2.45) is 0 Å². The van der Waals surface area contributed by atoms with Crippen LogP contribution in [0.15, 0.2) is 42.5 Å². The standard InChI is InChI=1S/C19H16ClNO4/c1-23-17-10-15(9-16(20)19(17)24-2)7-8-18(22)25-12-14-5-3-13(11-21)4-6-14/h3-10H,12H2,1-2H3/b8-7+. The first-order valence-electron chi connectivity index (χ1n) is 7.32. The van der Waals surface area contributed by atoms with Crippen LogP contribution >= 0.6 is 11.6 Å². The van der Waals surface area contributed by atoms with E-state index in [1.807, 2.05) is 6.07 Å². The summed E-state index contributed by atoms with van der Waals surface area (Å²) in [7, 11) is 3.01. The number of hydrogen-bond donors (Lipinski definition) is 0. The monoisotopic (exact) mass is 357 g/mol. The van der Waals surface area contributed by atoms with Crippen molar-refractivity contribution in [1.29, 1.82) is 5.26 Å². The van der Waals surface area contributed by atoms with Crippen molar-refractivity contribution in [2.45, 2.75) is 6.61 Å². The molecule has 2 aromatic rings. The van der Waals surface area contributed by atoms with Gasteiger partial charge in [0.2, 0.25) is 0 Å². The van der Waals surface area contributed by atoms with Crippen LogP contribution in [0.2, 0.25) is 5.02 Å². The Morgan fingerprint density at radius 2 is 1.92 bits per heavy atom. The molecule has 0 aromatic heterocycles. The van der Waals surface area contributed by atoms with Crippen LogP contribution in [0.5, 0.6) is 11.5 Å². The molecule has 5 nitrogen and oxygen atoms in total. The highest BCUT2D eigenvalue weighted by molar-refractivity contribution is 6.32. The minimum atomic E-state index is -0.490. The van der Waals surface area contributed by atoms with Gasteiger partial charge in [0.25, 0.3) is 0 Å². The average Bonchev–Trinajstić information content (AvgIpc) is 2.64. The number of ether oxygens (including phenoxy) is 3. The molecule has 0 fully saturated rings. The fraction of sp³-hybridized carbons (Fsp3) is 0.158. The third-order valence-electron chi connectivity index (χ3n) is 3.33. The fourth-order valence-electron chi connectivity index (χ4n) is 2.08. The van der Waals surface area contributed by atoms with Gasteiger partial charge >= 0.3 is 5.97 Å². The zero-order valence-electron chi connectivity index (χ0n) is 13.8. The molecule has 0 atom stereocenters. The Morgan fingerprint density at radius 3 is 2.52 bits per heavy atom. The molecule has 0 spiro atoms. The highest BCUT2D eigenvalue weighted by atomic mass is 35.5. The van der Waals surface area contributed by atoms with E-state index in [0.717, 1.165) is 5.56 Å². The van der Waals surface area contributed by atoms with E-state index in [0.29, 0.717) is 27.6 Å². The number of carbonyl (C=O) groups is 1. The van der Waals surface area contributed by atoms with Gasteiger partial charge in [-0.1, -0.05) is 23.7 Å². The Hall–Kier alpha value is -2.97. The number of nitriles is 1. The van der Waals surface area contributed by atoms with Crippen LogP contribution in [-0.2, 0) is 16.1 Å². The van der Waals surface area contributed by atoms with Gasteiger partial charge in [0.15, 0.2) is 11.5 Å². The van der Waals surface area contributed by atoms with Gasteiger partial charge in [-0.05, 0) is 41.5 Å². The normalized spacial score (nSPS) is 10.3. The maximum absolute atomic E-state index is 11.8. The molecule has 0 unspecified atom stereocenters. The van der Waals surface area contributed by atoms with Gasteiger partial charge in [0, 0.05) is 6.08 Å². The smallest absolute Gasteiger partial charge is 0.331 e. The Bertz CT molecular complexity index is 823. The van der Waals surface area contributed by atoms with Crippen molar-refractivity contribution in [3.63, 3.8) is 0 Å². The summed E-state index contributed by atoms with van der Waals surface area (Å²) in [6, 6.07) is 12.2. The lowest BCUT2D eigenvalue weighted by atomic mass is 10.1. The third-order valence-corrected chi connectivity index (χ3v) is 3.61. The number of methoxy groups -OCH3 is 2. The SMILES string of the molecule is COc1cc(/C=C/C(=O)OCc2ccc(C#N)cc2)cc(Cl)c1OC. The summed E-state index contributed by atoms with van der Waals surface area (Å²) < 4.78 is 15.5. The molecule has 0 saturated heterocycles. The average molecular weight is 358 g/mol. The molecule has 0 aliphatic heterocycles. The van der Waals surface area contributed by atoms with E-state index in [4.69, 9.17) is 31.1 Å². The predicted octanol–water partition coefficient (Wildman–Crippen LogP) is 3.99. The fourth-order valence-corrected chi connectivity index (χ4v) is 2.37. The third kappa shape index (κ3) is 5.00. The lowest BCUT2D eigenvalue weighted by molar-refractivity contribution is -0.138. The van der Waals surface area contributed by atoms with Crippen molar-refractivity contribution in [1.82, 2.24) is 0 Å². The van der Waals surface area contributed by atoms with Crippen LogP contribution in [0.25, 0.3) is 6.08 Å². The molecule has 0 aliphatic rings. The molecule has 0 heterocycles. The summed E-state index contributed by atoms with van der Waals surface area (Å²) >= 11 is 6.12. The summed E-state index contributed by atoms with van der Waals surface area (Å²) in [4.78, 5) is 11.8. The first-order valence-corrected chi connectivity index (χ1v) is 7.70. The molecule has 0 amide bonds. The number of benzene rings is 2. The molecule has 2 aromatic carbocycles. The number of rotatable bonds is 6. The van der Waals surface area contributed by atoms with Gasteiger partial charge in [0.1, 0.15) is 6.61 Å². The van der Waals surface area contributed by atoms with Crippen LogP contribution in [0.3, 0.4) is 0 Å². The van der Waals surface area contributed by atoms with Crippen molar-refractivity contribution in [2.75, 3.05) is 14.2 Å². The van der Waals surface area contributed by atoms with Gasteiger partial charge < -0.3 is 14.2 Å². The molecule has 6 heteroatoms. The lowest BCUT2D eigenvalue weighted by Crippen LogP contribution is -2.00. The van der Waals surface area contributed by atoms with Crippen LogP contribution in [0.1, 0.15) is 16.7 Å². The summed E-state index contributed by atoms with van der Waals surface area (Å²) in [5, 5.41) is 9.13. The van der Waals surface area contributed by atoms with Crippen molar-refractivity contribution < 1.29 is 19.0 Å². The highest BCUT2D eigenvalue weighted by Crippen LogP contribution is 2.36. The van der Waals surface area contributed by atoms with Crippen LogP contribution in [0.4, 0.5) is 0 Å². The Morgan fingerprint density at radius 1 is 1.20 bits per heavy atom. The van der Waals surface area contributed by atoms with Gasteiger partial charge in [-0.2, -0.15) is 5.26 Å². The van der Waals surface area contributed by atoms with Gasteiger partial charge in [-0.3, -0.25) is 0 Å². The zero-order valence-corrected chi connectivity index (χ0v) is 14.5. The largest absolute Gasteiger partial charge is 0.493 e. The maximum Gasteiger partial charge on any atom is 0.331 e. The van der Waals surface area contributed by atoms with Crippen molar-refractivity contribution >= 4 is 23.6 Å². The molecule has 25 heavy (non-hydrogen) atoms. The molecule has 0 N–H and O–H groups in total. The van der Waals surface area contributed by atoms with Crippen molar-refractivity contribution in [3.05, 3.63) is 64.2 Å². The summed E-state index contributed by atoms with van der Waals surface area (Å²) in [6.45, 7) is 0.127. The lowest BCUT2D eigenvalue weighted by Gasteiger charge is -2.10. The van der Waals surface area contributed by atoms with Crippen LogP contribution < -0.4 is 9.47 Å². The topological polar surface area (TPSA) is 68.5 Å². The number of esters is 1. The quantitative estimate of drug-likeness (QED) is 0.577. The highest BCUT2D eigenvalue weighted by Gasteiger charge is 2.10. The molecule has 0 bridgehead atoms. The summed E-state index contributed by atoms with van der Waals surface area (Å²) in [5.41, 5.74) is 2.04. The van der Waals surface area contributed by atoms with E-state index in [2.05, 4.69) is 0 Å². The van der Waals surface area contributed by atoms with Crippen molar-refractivity contribution in [3.8, 4) is 17.6 Å². The molecule has 2 rings (SSSR count). The minimum Gasteiger partial charge on any atom is -0.493 e. The number of halogens is 1. The number of carbonyl (C=O) groups excluding carboxylic acids is 1. The Kier molecular flexibility index (Phi) is 6.44. The minimum absolute atomic E-state index is 0.127. The zero-order chi connectivity index (χ0) is 18.2. The van der Waals surface area contributed by atoms with E-state index < -0.39 is 5.97 Å². The van der Waals surface area contributed by atoms with Crippen LogP contribution in [-0.4, -0.2) is 20.2 Å². The summed E-state index contributed by atoms with van der Waals surface area (Å²) in [6.07, 6.45) is 2.89. The second-order valence-electron chi connectivity index (χ2n) is 4.99. The molecular weight excluding hydrogens is 342 g/mol. The van der Waals surface area contributed by atoms with Crippen LogP contribution in [0, 0.1) is 11.3 Å². The van der Waals surface area contributed by atoms with E-state index in [1.165, 1.54) is 20.3 Å². The maximum atomic E-state index is 11.8. The number of nitrogens with zero attached hydrogens (tertiary/aromatic N) is 1. The van der Waals surface area contributed by atoms with Gasteiger partial charge in [-0.25, -0.2) is 4.79 Å². The first kappa shape index (κ1) is 18.4. The predicted molar refractivity (Wildman–Crippen MR) is 94.5 cm³/mol.